The first kappa shape index (κ1) is 9.35. The van der Waals surface area contributed by atoms with Crippen LogP contribution < -0.4 is 0 Å². The van der Waals surface area contributed by atoms with Crippen LogP contribution in [0.15, 0.2) is 0 Å². The topological polar surface area (TPSA) is 0 Å². The lowest BCUT2D eigenvalue weighted by atomic mass is 10.2. The monoisotopic (exact) mass is 146 g/mol. The van der Waals surface area contributed by atoms with Crippen molar-refractivity contribution >= 4 is 11.8 Å². The molecule has 0 aliphatic rings. The van der Waals surface area contributed by atoms with Crippen LogP contribution in [0.1, 0.15) is 39.5 Å². The van der Waals surface area contributed by atoms with Crippen molar-refractivity contribution in [1.29, 1.82) is 0 Å². The standard InChI is InChI=1S/C8H18S/c1-4-6-7-8(5-2)9-3/h8H,4-7H2,1-3H3/t8-/m1/s1. The zero-order chi connectivity index (χ0) is 7.11. The van der Waals surface area contributed by atoms with Crippen molar-refractivity contribution in [2.24, 2.45) is 0 Å². The van der Waals surface area contributed by atoms with Crippen molar-refractivity contribution in [1.82, 2.24) is 0 Å². The number of unbranched alkanes of at least 4 members (excludes halogenated alkanes) is 1. The first-order valence-electron chi connectivity index (χ1n) is 3.87. The van der Waals surface area contributed by atoms with Crippen molar-refractivity contribution in [2.45, 2.75) is 44.8 Å². The highest BCUT2D eigenvalue weighted by Gasteiger charge is 2.00. The van der Waals surface area contributed by atoms with Gasteiger partial charge in [-0.2, -0.15) is 11.8 Å². The predicted octanol–water partition coefficient (Wildman–Crippen LogP) is 3.32. The van der Waals surface area contributed by atoms with E-state index in [0.29, 0.717) is 0 Å². The van der Waals surface area contributed by atoms with Gasteiger partial charge in [0.1, 0.15) is 0 Å². The highest BCUT2D eigenvalue weighted by atomic mass is 32.2. The Hall–Kier alpha value is 0.350. The van der Waals surface area contributed by atoms with Gasteiger partial charge < -0.3 is 0 Å². The minimum atomic E-state index is 0.921. The molecule has 0 saturated heterocycles. The van der Waals surface area contributed by atoms with Gasteiger partial charge in [0.05, 0.1) is 0 Å². The van der Waals surface area contributed by atoms with Gasteiger partial charge in [-0.25, -0.2) is 0 Å². The molecule has 1 atom stereocenters. The molecule has 0 aromatic carbocycles. The Morgan fingerprint density at radius 3 is 2.33 bits per heavy atom. The Balaban J connectivity index is 3.09. The van der Waals surface area contributed by atoms with E-state index in [9.17, 15) is 0 Å². The molecule has 0 aromatic heterocycles. The number of hydrogen-bond acceptors (Lipinski definition) is 1. The number of hydrogen-bond donors (Lipinski definition) is 0. The zero-order valence-electron chi connectivity index (χ0n) is 6.81. The fourth-order valence-electron chi connectivity index (χ4n) is 0.920. The van der Waals surface area contributed by atoms with Gasteiger partial charge in [0, 0.05) is 5.25 Å². The van der Waals surface area contributed by atoms with E-state index >= 15 is 0 Å². The third kappa shape index (κ3) is 4.83. The van der Waals surface area contributed by atoms with E-state index in [2.05, 4.69) is 20.1 Å². The summed E-state index contributed by atoms with van der Waals surface area (Å²) in [6.45, 7) is 4.53. The highest BCUT2D eigenvalue weighted by Crippen LogP contribution is 2.16. The second-order valence-electron chi connectivity index (χ2n) is 2.41. The van der Waals surface area contributed by atoms with Crippen LogP contribution in [0.25, 0.3) is 0 Å². The maximum Gasteiger partial charge on any atom is 0.00416 e. The van der Waals surface area contributed by atoms with E-state index in [4.69, 9.17) is 0 Å². The van der Waals surface area contributed by atoms with Crippen LogP contribution in [0, 0.1) is 0 Å². The second-order valence-corrected chi connectivity index (χ2v) is 3.55. The summed E-state index contributed by atoms with van der Waals surface area (Å²) in [5, 5.41) is 0.921. The second kappa shape index (κ2) is 6.47. The first-order valence-corrected chi connectivity index (χ1v) is 5.16. The summed E-state index contributed by atoms with van der Waals surface area (Å²) in [5.41, 5.74) is 0. The maximum atomic E-state index is 2.27. The fourth-order valence-corrected chi connectivity index (χ4v) is 1.66. The molecule has 0 unspecified atom stereocenters. The molecule has 0 fully saturated rings. The van der Waals surface area contributed by atoms with Crippen LogP contribution in [0.3, 0.4) is 0 Å². The minimum absolute atomic E-state index is 0.921. The molecule has 0 nitrogen and oxygen atoms in total. The molecule has 9 heavy (non-hydrogen) atoms. The van der Waals surface area contributed by atoms with Crippen LogP contribution in [-0.4, -0.2) is 11.5 Å². The molecule has 0 amide bonds. The lowest BCUT2D eigenvalue weighted by molar-refractivity contribution is 0.671. The summed E-state index contributed by atoms with van der Waals surface area (Å²) < 4.78 is 0. The van der Waals surface area contributed by atoms with Gasteiger partial charge in [0.25, 0.3) is 0 Å². The summed E-state index contributed by atoms with van der Waals surface area (Å²) in [4.78, 5) is 0. The van der Waals surface area contributed by atoms with E-state index < -0.39 is 0 Å². The summed E-state index contributed by atoms with van der Waals surface area (Å²) in [7, 11) is 0. The predicted molar refractivity (Wildman–Crippen MR) is 47.1 cm³/mol. The number of thioether (sulfide) groups is 1. The maximum absolute atomic E-state index is 2.27. The third-order valence-corrected chi connectivity index (χ3v) is 2.90. The highest BCUT2D eigenvalue weighted by molar-refractivity contribution is 7.99. The normalized spacial score (nSPS) is 13.7. The Bertz CT molecular complexity index is 48.5. The average Bonchev–Trinajstić information content (AvgIpc) is 1.91. The molecule has 0 spiro atoms. The average molecular weight is 146 g/mol. The van der Waals surface area contributed by atoms with Gasteiger partial charge >= 0.3 is 0 Å². The quantitative estimate of drug-likeness (QED) is 0.573. The molecule has 56 valence electrons. The molecule has 0 heterocycles. The minimum Gasteiger partial charge on any atom is -0.162 e. The summed E-state index contributed by atoms with van der Waals surface area (Å²) >= 11 is 2.01. The molecule has 0 bridgehead atoms. The Labute approximate surface area is 63.4 Å². The molecular weight excluding hydrogens is 128 g/mol. The van der Waals surface area contributed by atoms with Gasteiger partial charge in [-0.3, -0.25) is 0 Å². The van der Waals surface area contributed by atoms with Crippen molar-refractivity contribution in [3.8, 4) is 0 Å². The molecule has 0 rings (SSSR count). The Morgan fingerprint density at radius 1 is 1.33 bits per heavy atom. The van der Waals surface area contributed by atoms with Gasteiger partial charge in [-0.1, -0.05) is 26.7 Å². The Kier molecular flexibility index (Phi) is 6.72. The molecular formula is C8H18S. The van der Waals surface area contributed by atoms with Crippen molar-refractivity contribution in [2.75, 3.05) is 6.26 Å². The van der Waals surface area contributed by atoms with Crippen molar-refractivity contribution in [3.63, 3.8) is 0 Å². The summed E-state index contributed by atoms with van der Waals surface area (Å²) in [6, 6.07) is 0. The van der Waals surface area contributed by atoms with Crippen LogP contribution in [0.2, 0.25) is 0 Å². The molecule has 0 aromatic rings. The molecule has 0 N–H and O–H groups in total. The lowest BCUT2D eigenvalue weighted by Gasteiger charge is -2.09. The van der Waals surface area contributed by atoms with Crippen LogP contribution in [-0.2, 0) is 0 Å². The fraction of sp³-hybridized carbons (Fsp3) is 1.00. The molecule has 0 aliphatic heterocycles. The zero-order valence-corrected chi connectivity index (χ0v) is 7.63. The van der Waals surface area contributed by atoms with Gasteiger partial charge in [-0.15, -0.1) is 0 Å². The van der Waals surface area contributed by atoms with Gasteiger partial charge in [0.15, 0.2) is 0 Å². The van der Waals surface area contributed by atoms with Crippen LogP contribution in [0.4, 0.5) is 0 Å². The smallest absolute Gasteiger partial charge is 0.00416 e. The third-order valence-electron chi connectivity index (χ3n) is 1.67. The largest absolute Gasteiger partial charge is 0.162 e. The van der Waals surface area contributed by atoms with Crippen LogP contribution in [0.5, 0.6) is 0 Å². The molecule has 0 radical (unpaired) electrons. The first-order chi connectivity index (χ1) is 4.35. The Morgan fingerprint density at radius 2 is 2.00 bits per heavy atom. The number of rotatable bonds is 5. The van der Waals surface area contributed by atoms with Gasteiger partial charge in [0.2, 0.25) is 0 Å². The van der Waals surface area contributed by atoms with E-state index in [0.717, 1.165) is 5.25 Å². The molecule has 1 heteroatoms. The molecule has 0 saturated carbocycles. The van der Waals surface area contributed by atoms with E-state index in [1.807, 2.05) is 11.8 Å². The van der Waals surface area contributed by atoms with E-state index in [-0.39, 0.29) is 0 Å². The van der Waals surface area contributed by atoms with E-state index in [1.165, 1.54) is 25.7 Å². The summed E-state index contributed by atoms with van der Waals surface area (Å²) in [6.07, 6.45) is 7.70. The van der Waals surface area contributed by atoms with Crippen LogP contribution >= 0.6 is 11.8 Å². The van der Waals surface area contributed by atoms with Crippen molar-refractivity contribution < 1.29 is 0 Å². The summed E-state index contributed by atoms with van der Waals surface area (Å²) in [5.74, 6) is 0. The molecule has 0 aliphatic carbocycles. The lowest BCUT2D eigenvalue weighted by Crippen LogP contribution is -1.98. The van der Waals surface area contributed by atoms with Crippen molar-refractivity contribution in [3.05, 3.63) is 0 Å². The van der Waals surface area contributed by atoms with Gasteiger partial charge in [-0.05, 0) is 19.1 Å². The van der Waals surface area contributed by atoms with E-state index in [1.54, 1.807) is 0 Å². The SMILES string of the molecule is CCCC[C@@H](CC)SC.